The number of carbonyl (C=O) groups is 1. The number of benzene rings is 2. The van der Waals surface area contributed by atoms with Gasteiger partial charge in [-0.1, -0.05) is 35.9 Å². The van der Waals surface area contributed by atoms with Gasteiger partial charge in [-0.25, -0.2) is 0 Å². The summed E-state index contributed by atoms with van der Waals surface area (Å²) >= 11 is 9.42. The van der Waals surface area contributed by atoms with Gasteiger partial charge in [0, 0.05) is 28.8 Å². The van der Waals surface area contributed by atoms with E-state index in [9.17, 15) is 15.0 Å². The second-order valence-corrected chi connectivity index (χ2v) is 9.57. The van der Waals surface area contributed by atoms with Crippen molar-refractivity contribution < 1.29 is 15.0 Å². The fourth-order valence-corrected chi connectivity index (χ4v) is 5.09. The van der Waals surface area contributed by atoms with Crippen molar-refractivity contribution in [3.05, 3.63) is 52.5 Å². The maximum absolute atomic E-state index is 10.8. The van der Waals surface area contributed by atoms with Gasteiger partial charge in [-0.15, -0.1) is 11.8 Å². The number of hydrogen-bond acceptors (Lipinski definition) is 7. The molecule has 0 heterocycles. The number of phenols is 1. The van der Waals surface area contributed by atoms with Crippen molar-refractivity contribution in [2.24, 2.45) is 0 Å². The summed E-state index contributed by atoms with van der Waals surface area (Å²) < 4.78 is 0. The van der Waals surface area contributed by atoms with Crippen LogP contribution in [0.15, 0.2) is 41.3 Å². The van der Waals surface area contributed by atoms with Gasteiger partial charge in [0.25, 0.3) is 0 Å². The first kappa shape index (κ1) is 26.8. The topological polar surface area (TPSA) is 93.6 Å². The third-order valence-electron chi connectivity index (χ3n) is 4.86. The van der Waals surface area contributed by atoms with Crippen LogP contribution in [0.1, 0.15) is 23.7 Å². The number of phenolic OH excluding ortho intramolecular Hbond substituents is 1. The molecule has 0 saturated heterocycles. The SMILES string of the molecule is CSc1c(C(O)CNCCSCCCNCCc2ccccc2Cl)ccc(O)c1NC=O. The number of thioether (sulfide) groups is 2. The molecule has 0 aromatic heterocycles. The summed E-state index contributed by atoms with van der Waals surface area (Å²) in [5, 5.41) is 30.6. The molecule has 0 aliphatic heterocycles. The number of aromatic hydroxyl groups is 1. The van der Waals surface area contributed by atoms with Crippen LogP contribution in [0.3, 0.4) is 0 Å². The Morgan fingerprint density at radius 3 is 2.66 bits per heavy atom. The zero-order valence-corrected chi connectivity index (χ0v) is 20.7. The van der Waals surface area contributed by atoms with Crippen molar-refractivity contribution in [2.75, 3.05) is 49.3 Å². The van der Waals surface area contributed by atoms with Gasteiger partial charge in [0.1, 0.15) is 5.75 Å². The van der Waals surface area contributed by atoms with Crippen molar-refractivity contribution in [1.29, 1.82) is 0 Å². The summed E-state index contributed by atoms with van der Waals surface area (Å²) in [5.41, 5.74) is 2.19. The van der Waals surface area contributed by atoms with Crippen LogP contribution in [0.5, 0.6) is 5.75 Å². The Labute approximate surface area is 203 Å². The van der Waals surface area contributed by atoms with Crippen LogP contribution in [-0.2, 0) is 11.2 Å². The zero-order chi connectivity index (χ0) is 23.2. The quantitative estimate of drug-likeness (QED) is 0.104. The van der Waals surface area contributed by atoms with Crippen LogP contribution in [0.4, 0.5) is 5.69 Å². The maximum Gasteiger partial charge on any atom is 0.211 e. The highest BCUT2D eigenvalue weighted by molar-refractivity contribution is 7.99. The molecule has 6 nitrogen and oxygen atoms in total. The first-order valence-corrected chi connectivity index (χ1v) is 13.3. The molecule has 2 aromatic rings. The molecule has 0 aliphatic carbocycles. The minimum atomic E-state index is -0.724. The average Bonchev–Trinajstić information content (AvgIpc) is 2.79. The van der Waals surface area contributed by atoms with Crippen LogP contribution >= 0.6 is 35.1 Å². The van der Waals surface area contributed by atoms with Crippen LogP contribution in [-0.4, -0.2) is 60.6 Å². The number of amides is 1. The third kappa shape index (κ3) is 8.84. The number of anilines is 1. The van der Waals surface area contributed by atoms with E-state index in [1.54, 1.807) is 6.07 Å². The number of nitrogens with one attached hydrogen (secondary N) is 3. The van der Waals surface area contributed by atoms with Gasteiger partial charge >= 0.3 is 0 Å². The van der Waals surface area contributed by atoms with Gasteiger partial charge < -0.3 is 26.2 Å². The van der Waals surface area contributed by atoms with Crippen LogP contribution < -0.4 is 16.0 Å². The lowest BCUT2D eigenvalue weighted by atomic mass is 10.1. The lowest BCUT2D eigenvalue weighted by molar-refractivity contribution is -0.105. The summed E-state index contributed by atoms with van der Waals surface area (Å²) in [7, 11) is 0. The van der Waals surface area contributed by atoms with Crippen molar-refractivity contribution >= 4 is 47.2 Å². The van der Waals surface area contributed by atoms with Crippen LogP contribution in [0.25, 0.3) is 0 Å². The van der Waals surface area contributed by atoms with Gasteiger partial charge in [-0.05, 0) is 61.2 Å². The molecular formula is C23H32ClN3O3S2. The lowest BCUT2D eigenvalue weighted by Gasteiger charge is -2.18. The first-order chi connectivity index (χ1) is 15.6. The standard InChI is InChI=1S/C23H32ClN3O3S2/c1-31-23-18(7-8-20(29)22(23)27-16-28)21(30)15-26-12-14-32-13-4-10-25-11-9-17-5-2-3-6-19(17)24/h2-3,5-8,16,21,25-26,29-30H,4,9-15H2,1H3,(H,27,28). The van der Waals surface area contributed by atoms with Gasteiger partial charge in [0.15, 0.2) is 0 Å². The number of hydrogen-bond donors (Lipinski definition) is 5. The van der Waals surface area contributed by atoms with Crippen molar-refractivity contribution in [1.82, 2.24) is 10.6 Å². The highest BCUT2D eigenvalue weighted by atomic mass is 35.5. The maximum atomic E-state index is 10.8. The molecule has 1 atom stereocenters. The minimum Gasteiger partial charge on any atom is -0.506 e. The molecule has 0 spiro atoms. The van der Waals surface area contributed by atoms with E-state index in [-0.39, 0.29) is 5.75 Å². The second kappa shape index (κ2) is 15.4. The van der Waals surface area contributed by atoms with E-state index in [0.29, 0.717) is 29.1 Å². The Bertz CT molecular complexity index is 842. The average molecular weight is 498 g/mol. The fourth-order valence-electron chi connectivity index (χ4n) is 3.21. The Kier molecular flexibility index (Phi) is 12.9. The smallest absolute Gasteiger partial charge is 0.211 e. The molecule has 5 N–H and O–H groups in total. The van der Waals surface area contributed by atoms with Crippen LogP contribution in [0, 0.1) is 0 Å². The van der Waals surface area contributed by atoms with Crippen molar-refractivity contribution in [3.8, 4) is 5.75 Å². The van der Waals surface area contributed by atoms with Crippen molar-refractivity contribution in [3.63, 3.8) is 0 Å². The Balaban J connectivity index is 1.56. The minimum absolute atomic E-state index is 0.0138. The number of aliphatic hydroxyl groups is 1. The largest absolute Gasteiger partial charge is 0.506 e. The molecule has 0 bridgehead atoms. The fraction of sp³-hybridized carbons (Fsp3) is 0.435. The van der Waals surface area contributed by atoms with E-state index < -0.39 is 6.10 Å². The number of rotatable bonds is 16. The normalized spacial score (nSPS) is 12.0. The zero-order valence-electron chi connectivity index (χ0n) is 18.3. The number of aliphatic hydroxyl groups excluding tert-OH is 1. The van der Waals surface area contributed by atoms with E-state index in [1.165, 1.54) is 23.4 Å². The third-order valence-corrected chi connectivity index (χ3v) is 7.15. The Hall–Kier alpha value is -1.42. The van der Waals surface area contributed by atoms with Crippen LogP contribution in [0.2, 0.25) is 5.02 Å². The molecule has 1 unspecified atom stereocenters. The summed E-state index contributed by atoms with van der Waals surface area (Å²) in [6.45, 7) is 3.11. The number of halogens is 1. The molecule has 32 heavy (non-hydrogen) atoms. The first-order valence-electron chi connectivity index (χ1n) is 10.6. The van der Waals surface area contributed by atoms with Crippen molar-refractivity contribution in [2.45, 2.75) is 23.8 Å². The summed E-state index contributed by atoms with van der Waals surface area (Å²) in [4.78, 5) is 11.5. The van der Waals surface area contributed by atoms with Gasteiger partial charge in [0.05, 0.1) is 11.8 Å². The monoisotopic (exact) mass is 497 g/mol. The molecule has 0 aliphatic rings. The van der Waals surface area contributed by atoms with E-state index in [4.69, 9.17) is 11.6 Å². The molecule has 0 saturated carbocycles. The molecule has 0 radical (unpaired) electrons. The highest BCUT2D eigenvalue weighted by Gasteiger charge is 2.17. The predicted octanol–water partition coefficient (Wildman–Crippen LogP) is 3.91. The molecule has 2 rings (SSSR count). The molecule has 0 fully saturated rings. The summed E-state index contributed by atoms with van der Waals surface area (Å²) in [6.07, 6.45) is 3.68. The lowest BCUT2D eigenvalue weighted by Crippen LogP contribution is -2.24. The highest BCUT2D eigenvalue weighted by Crippen LogP contribution is 2.38. The molecular weight excluding hydrogens is 466 g/mol. The second-order valence-electron chi connectivity index (χ2n) is 7.12. The molecule has 2 aromatic carbocycles. The van der Waals surface area contributed by atoms with E-state index in [1.807, 2.05) is 36.2 Å². The summed E-state index contributed by atoms with van der Waals surface area (Å²) in [5.74, 6) is 2.04. The van der Waals surface area contributed by atoms with E-state index >= 15 is 0 Å². The molecule has 176 valence electrons. The van der Waals surface area contributed by atoms with Gasteiger partial charge in [-0.2, -0.15) is 11.8 Å². The molecule has 9 heteroatoms. The number of carbonyl (C=O) groups excluding carboxylic acids is 1. The summed E-state index contributed by atoms with van der Waals surface area (Å²) in [6, 6.07) is 11.1. The Morgan fingerprint density at radius 2 is 1.91 bits per heavy atom. The van der Waals surface area contributed by atoms with Gasteiger partial charge in [-0.3, -0.25) is 4.79 Å². The predicted molar refractivity (Wildman–Crippen MR) is 137 cm³/mol. The Morgan fingerprint density at radius 1 is 1.09 bits per heavy atom. The van der Waals surface area contributed by atoms with E-state index in [2.05, 4.69) is 22.0 Å². The van der Waals surface area contributed by atoms with Gasteiger partial charge in [0.2, 0.25) is 6.41 Å². The van der Waals surface area contributed by atoms with E-state index in [0.717, 1.165) is 49.0 Å². The molecule has 1 amide bonds.